The molecule has 3 nitrogen and oxygen atoms in total. The van der Waals surface area contributed by atoms with E-state index in [1.165, 1.54) is 5.56 Å². The molecule has 0 saturated heterocycles. The van der Waals surface area contributed by atoms with E-state index >= 15 is 0 Å². The predicted octanol–water partition coefficient (Wildman–Crippen LogP) is 5.34. The molecule has 0 atom stereocenters. The Bertz CT molecular complexity index is 569. The maximum absolute atomic E-state index is 6.79. The lowest BCUT2D eigenvalue weighted by Crippen LogP contribution is -2.67. The lowest BCUT2D eigenvalue weighted by atomic mass is 10.1. The largest absolute Gasteiger partial charge is 0.506 e. The van der Waals surface area contributed by atoms with Crippen LogP contribution in [0.5, 0.6) is 0 Å². The van der Waals surface area contributed by atoms with Crippen molar-refractivity contribution in [2.75, 3.05) is 0 Å². The second-order valence-electron chi connectivity index (χ2n) is 9.48. The zero-order valence-corrected chi connectivity index (χ0v) is 21.7. The van der Waals surface area contributed by atoms with E-state index in [4.69, 9.17) is 12.3 Å². The fourth-order valence-electron chi connectivity index (χ4n) is 2.59. The van der Waals surface area contributed by atoms with Crippen molar-refractivity contribution in [1.29, 1.82) is 0 Å². The normalized spacial score (nSPS) is 13.8. The monoisotopic (exact) mass is 412 g/mol. The summed E-state index contributed by atoms with van der Waals surface area (Å²) >= 11 is 0. The van der Waals surface area contributed by atoms with Gasteiger partial charge in [-0.2, -0.15) is 0 Å². The highest BCUT2D eigenvalue weighted by molar-refractivity contribution is 6.95. The Balaban J connectivity index is 3.64. The summed E-state index contributed by atoms with van der Waals surface area (Å²) in [7, 11) is -8.66. The standard InChI is InChI=1S/C18H36O3Si4/c1-12-17-13-14-18(16(2)15-17)25(19-22(3,4)5,20-23(6,7)8)21-24(9,10)11/h12-15H,1H2,2-11H3. The molecule has 0 aromatic heterocycles. The summed E-state index contributed by atoms with van der Waals surface area (Å²) in [6.45, 7) is 25.9. The Morgan fingerprint density at radius 1 is 0.760 bits per heavy atom. The minimum absolute atomic E-state index is 1.11. The van der Waals surface area contributed by atoms with Gasteiger partial charge in [-0.1, -0.05) is 30.9 Å². The quantitative estimate of drug-likeness (QED) is 0.539. The summed E-state index contributed by atoms with van der Waals surface area (Å²) in [5.74, 6) is 0. The van der Waals surface area contributed by atoms with Gasteiger partial charge in [-0.05, 0) is 77.0 Å². The van der Waals surface area contributed by atoms with Crippen molar-refractivity contribution in [3.8, 4) is 0 Å². The van der Waals surface area contributed by atoms with Gasteiger partial charge < -0.3 is 12.3 Å². The van der Waals surface area contributed by atoms with Gasteiger partial charge in [0.15, 0.2) is 25.0 Å². The molecule has 142 valence electrons. The summed E-state index contributed by atoms with van der Waals surface area (Å²) in [5.41, 5.74) is 2.27. The second-order valence-corrected chi connectivity index (χ2v) is 26.3. The molecule has 1 rings (SSSR count). The molecule has 0 amide bonds. The molecule has 1 aromatic carbocycles. The first-order chi connectivity index (χ1) is 11.1. The first kappa shape index (κ1) is 22.7. The molecule has 0 fully saturated rings. The number of hydrogen-bond acceptors (Lipinski definition) is 3. The molecule has 0 radical (unpaired) electrons. The summed E-state index contributed by atoms with van der Waals surface area (Å²) in [6.07, 6.45) is 1.87. The molecule has 1 aromatic rings. The lowest BCUT2D eigenvalue weighted by Gasteiger charge is -2.43. The molecule has 0 heterocycles. The molecule has 0 N–H and O–H groups in total. The van der Waals surface area contributed by atoms with Gasteiger partial charge in [-0.3, -0.25) is 0 Å². The van der Waals surface area contributed by atoms with Gasteiger partial charge in [0.05, 0.1) is 0 Å². The van der Waals surface area contributed by atoms with Gasteiger partial charge in [0.25, 0.3) is 0 Å². The van der Waals surface area contributed by atoms with Crippen LogP contribution in [-0.2, 0) is 12.3 Å². The van der Waals surface area contributed by atoms with Gasteiger partial charge in [-0.25, -0.2) is 0 Å². The number of hydrogen-bond donors (Lipinski definition) is 0. The third-order valence-electron chi connectivity index (χ3n) is 3.14. The molecule has 0 spiro atoms. The Kier molecular flexibility index (Phi) is 7.05. The number of rotatable bonds is 8. The van der Waals surface area contributed by atoms with E-state index in [-0.39, 0.29) is 0 Å². The van der Waals surface area contributed by atoms with Crippen molar-refractivity contribution in [3.05, 3.63) is 35.9 Å². The molecule has 0 aliphatic carbocycles. The Morgan fingerprint density at radius 3 is 1.44 bits per heavy atom. The van der Waals surface area contributed by atoms with Crippen molar-refractivity contribution < 1.29 is 12.3 Å². The molecular weight excluding hydrogens is 377 g/mol. The first-order valence-corrected chi connectivity index (χ1v) is 20.9. The first-order valence-electron chi connectivity index (χ1n) is 8.91. The summed E-state index contributed by atoms with van der Waals surface area (Å²) in [5, 5.41) is 1.12. The highest BCUT2D eigenvalue weighted by atomic mass is 28.5. The molecule has 7 heteroatoms. The fourth-order valence-corrected chi connectivity index (χ4v) is 16.1. The van der Waals surface area contributed by atoms with Gasteiger partial charge in [0.2, 0.25) is 0 Å². The van der Waals surface area contributed by atoms with E-state index in [2.05, 4.69) is 90.6 Å². The molecule has 0 aliphatic rings. The van der Waals surface area contributed by atoms with Crippen molar-refractivity contribution in [1.82, 2.24) is 0 Å². The Morgan fingerprint density at radius 2 is 1.16 bits per heavy atom. The third kappa shape index (κ3) is 7.46. The van der Waals surface area contributed by atoms with Crippen LogP contribution in [0.2, 0.25) is 58.9 Å². The van der Waals surface area contributed by atoms with E-state index in [1.807, 2.05) is 6.08 Å². The fraction of sp³-hybridized carbons (Fsp3) is 0.556. The molecule has 0 unspecified atom stereocenters. The van der Waals surface area contributed by atoms with Crippen LogP contribution in [0.25, 0.3) is 6.08 Å². The van der Waals surface area contributed by atoms with Crippen LogP contribution in [0.15, 0.2) is 24.8 Å². The maximum Gasteiger partial charge on any atom is 0.506 e. The molecule has 0 bridgehead atoms. The van der Waals surface area contributed by atoms with Crippen LogP contribution in [0, 0.1) is 6.92 Å². The Hall–Kier alpha value is -0.292. The number of benzene rings is 1. The van der Waals surface area contributed by atoms with E-state index in [9.17, 15) is 0 Å². The van der Waals surface area contributed by atoms with Gasteiger partial charge >= 0.3 is 8.80 Å². The lowest BCUT2D eigenvalue weighted by molar-refractivity contribution is 0.273. The van der Waals surface area contributed by atoms with E-state index < -0.39 is 33.8 Å². The minimum Gasteiger partial charge on any atom is -0.414 e. The van der Waals surface area contributed by atoms with E-state index in [1.54, 1.807) is 0 Å². The van der Waals surface area contributed by atoms with E-state index in [0.29, 0.717) is 0 Å². The maximum atomic E-state index is 6.79. The third-order valence-corrected chi connectivity index (χ3v) is 14.9. The average Bonchev–Trinajstić information content (AvgIpc) is 2.31. The van der Waals surface area contributed by atoms with Crippen LogP contribution >= 0.6 is 0 Å². The zero-order valence-electron chi connectivity index (χ0n) is 17.7. The van der Waals surface area contributed by atoms with Crippen molar-refractivity contribution in [2.45, 2.75) is 65.8 Å². The minimum atomic E-state index is -3.01. The van der Waals surface area contributed by atoms with Crippen LogP contribution in [0.4, 0.5) is 0 Å². The SMILES string of the molecule is C=Cc1ccc([Si](O[Si](C)(C)C)(O[Si](C)(C)C)O[Si](C)(C)C)c(C)c1. The highest BCUT2D eigenvalue weighted by Crippen LogP contribution is 2.27. The van der Waals surface area contributed by atoms with Crippen molar-refractivity contribution in [3.63, 3.8) is 0 Å². The molecule has 0 saturated carbocycles. The number of aryl methyl sites for hydroxylation is 1. The molecular formula is C18H36O3Si4. The van der Waals surface area contributed by atoms with E-state index in [0.717, 1.165) is 10.8 Å². The van der Waals surface area contributed by atoms with Crippen molar-refractivity contribution in [2.24, 2.45) is 0 Å². The predicted molar refractivity (Wildman–Crippen MR) is 120 cm³/mol. The van der Waals surface area contributed by atoms with Gasteiger partial charge in [0.1, 0.15) is 0 Å². The van der Waals surface area contributed by atoms with Crippen LogP contribution in [-0.4, -0.2) is 33.8 Å². The molecule has 25 heavy (non-hydrogen) atoms. The summed E-state index contributed by atoms with van der Waals surface area (Å²) < 4.78 is 20.4. The summed E-state index contributed by atoms with van der Waals surface area (Å²) in [4.78, 5) is 0. The average molecular weight is 413 g/mol. The zero-order chi connectivity index (χ0) is 19.7. The van der Waals surface area contributed by atoms with Crippen LogP contribution < -0.4 is 5.19 Å². The highest BCUT2D eigenvalue weighted by Gasteiger charge is 2.52. The van der Waals surface area contributed by atoms with Crippen LogP contribution in [0.3, 0.4) is 0 Å². The van der Waals surface area contributed by atoms with Gasteiger partial charge in [0, 0.05) is 5.19 Å². The second kappa shape index (κ2) is 7.75. The smallest absolute Gasteiger partial charge is 0.414 e. The summed E-state index contributed by atoms with van der Waals surface area (Å²) in [6, 6.07) is 6.38. The van der Waals surface area contributed by atoms with Crippen LogP contribution in [0.1, 0.15) is 11.1 Å². The Labute approximate surface area is 159 Å². The van der Waals surface area contributed by atoms with Crippen molar-refractivity contribution >= 4 is 45.0 Å². The topological polar surface area (TPSA) is 27.7 Å². The molecule has 0 aliphatic heterocycles. The van der Waals surface area contributed by atoms with Gasteiger partial charge in [-0.15, -0.1) is 0 Å².